The minimum Gasteiger partial charge on any atom is -0.404 e. The summed E-state index contributed by atoms with van der Waals surface area (Å²) in [6.45, 7) is 5.81. The van der Waals surface area contributed by atoms with Crippen LogP contribution in [0.2, 0.25) is 0 Å². The van der Waals surface area contributed by atoms with Crippen LogP contribution in [0.15, 0.2) is 71.9 Å². The second-order valence-electron chi connectivity index (χ2n) is 9.06. The van der Waals surface area contributed by atoms with Gasteiger partial charge in [-0.15, -0.1) is 0 Å². The molecule has 4 N–H and O–H groups in total. The van der Waals surface area contributed by atoms with Gasteiger partial charge >= 0.3 is 0 Å². The van der Waals surface area contributed by atoms with Crippen LogP contribution in [0.25, 0.3) is 5.57 Å². The van der Waals surface area contributed by atoms with Gasteiger partial charge in [0.2, 0.25) is 5.91 Å². The first kappa shape index (κ1) is 24.1. The van der Waals surface area contributed by atoms with Crippen molar-refractivity contribution >= 4 is 28.8 Å². The lowest BCUT2D eigenvalue weighted by molar-refractivity contribution is -0.116. The zero-order chi connectivity index (χ0) is 25.0. The molecule has 1 unspecified atom stereocenters. The normalized spacial score (nSPS) is 19.6. The van der Waals surface area contributed by atoms with Crippen molar-refractivity contribution in [3.63, 3.8) is 0 Å². The number of fused-ring (bicyclic) bond motifs is 1. The number of carbonyl (C=O) groups is 2. The van der Waals surface area contributed by atoms with E-state index < -0.39 is 0 Å². The smallest absolute Gasteiger partial charge is 0.255 e. The van der Waals surface area contributed by atoms with Crippen molar-refractivity contribution in [3.8, 4) is 0 Å². The van der Waals surface area contributed by atoms with Crippen molar-refractivity contribution in [1.29, 1.82) is 0 Å². The number of hydrogen-bond acceptors (Lipinski definition) is 6. The lowest BCUT2D eigenvalue weighted by Gasteiger charge is -2.37. The lowest BCUT2D eigenvalue weighted by atomic mass is 9.67. The number of nitrogens with two attached hydrogens (primary N) is 1. The van der Waals surface area contributed by atoms with E-state index in [4.69, 9.17) is 5.73 Å². The molecule has 0 saturated carbocycles. The van der Waals surface area contributed by atoms with Gasteiger partial charge in [0.05, 0.1) is 23.3 Å². The SMILES string of the molecule is CCC(=O)Nc1cnc(C)c(NC(=O)C2=CCC3(C)CCC(/C(=C/N)c4ncccn4)=CC3=C2)c1. The van der Waals surface area contributed by atoms with Crippen molar-refractivity contribution in [2.75, 3.05) is 10.6 Å². The highest BCUT2D eigenvalue weighted by Gasteiger charge is 2.34. The molecule has 180 valence electrons. The van der Waals surface area contributed by atoms with Gasteiger partial charge in [-0.25, -0.2) is 9.97 Å². The van der Waals surface area contributed by atoms with Crippen LogP contribution in [0, 0.1) is 12.3 Å². The lowest BCUT2D eigenvalue weighted by Crippen LogP contribution is -2.27. The fourth-order valence-electron chi connectivity index (χ4n) is 4.29. The fourth-order valence-corrected chi connectivity index (χ4v) is 4.29. The number of pyridine rings is 1. The number of carbonyl (C=O) groups excluding carboxylic acids is 2. The summed E-state index contributed by atoms with van der Waals surface area (Å²) in [6.07, 6.45) is 15.5. The first-order chi connectivity index (χ1) is 16.8. The maximum Gasteiger partial charge on any atom is 0.255 e. The Kier molecular flexibility index (Phi) is 6.91. The maximum absolute atomic E-state index is 13.2. The number of allylic oxidation sites excluding steroid dienone is 5. The molecular weight excluding hydrogens is 440 g/mol. The predicted octanol–water partition coefficient (Wildman–Crippen LogP) is 4.45. The minimum atomic E-state index is -0.218. The maximum atomic E-state index is 13.2. The van der Waals surface area contributed by atoms with E-state index in [1.54, 1.807) is 43.8 Å². The molecular formula is C27H30N6O2. The van der Waals surface area contributed by atoms with Crippen molar-refractivity contribution < 1.29 is 9.59 Å². The van der Waals surface area contributed by atoms with Crippen molar-refractivity contribution in [1.82, 2.24) is 15.0 Å². The Labute approximate surface area is 205 Å². The van der Waals surface area contributed by atoms with E-state index in [0.29, 0.717) is 34.9 Å². The van der Waals surface area contributed by atoms with Crippen LogP contribution < -0.4 is 16.4 Å². The van der Waals surface area contributed by atoms with Crippen LogP contribution >= 0.6 is 0 Å². The molecule has 2 aromatic heterocycles. The highest BCUT2D eigenvalue weighted by Crippen LogP contribution is 2.47. The van der Waals surface area contributed by atoms with Gasteiger partial charge in [-0.2, -0.15) is 0 Å². The number of aromatic nitrogens is 3. The summed E-state index contributed by atoms with van der Waals surface area (Å²) in [7, 11) is 0. The zero-order valence-corrected chi connectivity index (χ0v) is 20.3. The molecule has 35 heavy (non-hydrogen) atoms. The molecule has 0 radical (unpaired) electrons. The van der Waals surface area contributed by atoms with Crippen LogP contribution in [0.3, 0.4) is 0 Å². The number of nitrogens with zero attached hydrogens (tertiary/aromatic N) is 3. The first-order valence-electron chi connectivity index (χ1n) is 11.7. The second-order valence-corrected chi connectivity index (χ2v) is 9.06. The van der Waals surface area contributed by atoms with Crippen molar-refractivity contribution in [3.05, 3.63) is 83.4 Å². The average molecular weight is 471 g/mol. The van der Waals surface area contributed by atoms with E-state index in [9.17, 15) is 9.59 Å². The topological polar surface area (TPSA) is 123 Å². The molecule has 2 heterocycles. The summed E-state index contributed by atoms with van der Waals surface area (Å²) in [4.78, 5) is 37.9. The fraction of sp³-hybridized carbons (Fsp3) is 0.296. The quantitative estimate of drug-likeness (QED) is 0.573. The Bertz CT molecular complexity index is 1280. The molecule has 0 aromatic carbocycles. The Morgan fingerprint density at radius 3 is 2.66 bits per heavy atom. The predicted molar refractivity (Wildman–Crippen MR) is 137 cm³/mol. The molecule has 1 atom stereocenters. The van der Waals surface area contributed by atoms with Gasteiger partial charge in [0.1, 0.15) is 0 Å². The standard InChI is InChI=1S/C27H30N6O2/c1-4-24(34)32-21-14-23(17(2)31-16-21)33-26(35)19-7-9-27(3)8-6-18(12-20(27)13-19)22(15-28)25-29-10-5-11-30-25/h5,7,10-16H,4,6,8-9,28H2,1-3H3,(H,32,34)(H,33,35)/b22-15-. The summed E-state index contributed by atoms with van der Waals surface area (Å²) in [5.41, 5.74) is 11.2. The number of nitrogens with one attached hydrogen (secondary N) is 2. The molecule has 0 saturated heterocycles. The Morgan fingerprint density at radius 1 is 1.17 bits per heavy atom. The molecule has 2 aliphatic rings. The van der Waals surface area contributed by atoms with E-state index in [-0.39, 0.29) is 17.2 Å². The molecule has 2 amide bonds. The van der Waals surface area contributed by atoms with Gasteiger partial charge in [-0.1, -0.05) is 26.0 Å². The zero-order valence-electron chi connectivity index (χ0n) is 20.3. The number of anilines is 2. The van der Waals surface area contributed by atoms with Gasteiger partial charge < -0.3 is 16.4 Å². The minimum absolute atomic E-state index is 0.0492. The van der Waals surface area contributed by atoms with E-state index in [1.165, 1.54) is 0 Å². The third-order valence-electron chi connectivity index (χ3n) is 6.58. The van der Waals surface area contributed by atoms with E-state index in [0.717, 1.165) is 36.0 Å². The number of hydrogen-bond donors (Lipinski definition) is 3. The van der Waals surface area contributed by atoms with Crippen molar-refractivity contribution in [2.45, 2.75) is 46.5 Å². The molecule has 0 spiro atoms. The summed E-state index contributed by atoms with van der Waals surface area (Å²) >= 11 is 0. The first-order valence-corrected chi connectivity index (χ1v) is 11.7. The molecule has 8 nitrogen and oxygen atoms in total. The molecule has 0 bridgehead atoms. The van der Waals surface area contributed by atoms with Gasteiger partial charge in [0.25, 0.3) is 5.91 Å². The number of amides is 2. The van der Waals surface area contributed by atoms with E-state index >= 15 is 0 Å². The van der Waals surface area contributed by atoms with E-state index in [2.05, 4.69) is 38.6 Å². The van der Waals surface area contributed by atoms with Gasteiger partial charge in [0, 0.05) is 36.2 Å². The third-order valence-corrected chi connectivity index (χ3v) is 6.58. The van der Waals surface area contributed by atoms with E-state index in [1.807, 2.05) is 19.1 Å². The Morgan fingerprint density at radius 2 is 1.94 bits per heavy atom. The second kappa shape index (κ2) is 10.0. The van der Waals surface area contributed by atoms with Gasteiger partial charge in [-0.05, 0) is 61.0 Å². The molecule has 4 rings (SSSR count). The summed E-state index contributed by atoms with van der Waals surface area (Å²) in [5, 5.41) is 5.73. The molecule has 2 aromatic rings. The van der Waals surface area contributed by atoms with Crippen LogP contribution in [-0.4, -0.2) is 26.8 Å². The highest BCUT2D eigenvalue weighted by atomic mass is 16.2. The van der Waals surface area contributed by atoms with Gasteiger partial charge in [0.15, 0.2) is 5.82 Å². The average Bonchev–Trinajstić information content (AvgIpc) is 2.86. The van der Waals surface area contributed by atoms with Crippen LogP contribution in [0.1, 0.15) is 51.0 Å². The summed E-state index contributed by atoms with van der Waals surface area (Å²) < 4.78 is 0. The molecule has 0 aliphatic heterocycles. The molecule has 0 fully saturated rings. The number of aryl methyl sites for hydroxylation is 1. The number of rotatable bonds is 6. The summed E-state index contributed by atoms with van der Waals surface area (Å²) in [6, 6.07) is 3.50. The largest absolute Gasteiger partial charge is 0.404 e. The van der Waals surface area contributed by atoms with Crippen LogP contribution in [0.5, 0.6) is 0 Å². The third kappa shape index (κ3) is 5.21. The Balaban J connectivity index is 1.58. The van der Waals surface area contributed by atoms with Gasteiger partial charge in [-0.3, -0.25) is 14.6 Å². The van der Waals surface area contributed by atoms with Crippen LogP contribution in [-0.2, 0) is 9.59 Å². The Hall–Kier alpha value is -4.07. The monoisotopic (exact) mass is 470 g/mol. The van der Waals surface area contributed by atoms with Crippen LogP contribution in [0.4, 0.5) is 11.4 Å². The highest BCUT2D eigenvalue weighted by molar-refractivity contribution is 6.06. The summed E-state index contributed by atoms with van der Waals surface area (Å²) in [5.74, 6) is 0.261. The van der Waals surface area contributed by atoms with Crippen molar-refractivity contribution in [2.24, 2.45) is 11.1 Å². The molecule has 2 aliphatic carbocycles. The molecule has 8 heteroatoms.